The molecule has 1 amide bonds. The zero-order valence-corrected chi connectivity index (χ0v) is 9.86. The molecule has 4 nitrogen and oxygen atoms in total. The average molecular weight is 263 g/mol. The zero-order valence-electron chi connectivity index (χ0n) is 9.86. The summed E-state index contributed by atoms with van der Waals surface area (Å²) in [6.07, 6.45) is 1.47. The monoisotopic (exact) mass is 263 g/mol. The Morgan fingerprint density at radius 2 is 2.05 bits per heavy atom. The lowest BCUT2D eigenvalue weighted by molar-refractivity contribution is 0.0951. The molecule has 2 aromatic rings. The van der Waals surface area contributed by atoms with E-state index in [1.165, 1.54) is 18.3 Å². The minimum atomic E-state index is -0.951. The van der Waals surface area contributed by atoms with Crippen molar-refractivity contribution in [3.05, 3.63) is 59.3 Å². The van der Waals surface area contributed by atoms with Crippen LogP contribution in [0.5, 0.6) is 0 Å². The van der Waals surface area contributed by atoms with Crippen LogP contribution < -0.4 is 11.1 Å². The smallest absolute Gasteiger partial charge is 0.255 e. The Morgan fingerprint density at radius 3 is 2.74 bits per heavy atom. The first-order valence-corrected chi connectivity index (χ1v) is 5.50. The first-order valence-electron chi connectivity index (χ1n) is 5.50. The van der Waals surface area contributed by atoms with Gasteiger partial charge in [0.25, 0.3) is 5.91 Å². The molecule has 0 spiro atoms. The van der Waals surface area contributed by atoms with Gasteiger partial charge in [-0.3, -0.25) is 4.79 Å². The fourth-order valence-corrected chi connectivity index (χ4v) is 1.54. The van der Waals surface area contributed by atoms with Gasteiger partial charge in [-0.05, 0) is 29.8 Å². The van der Waals surface area contributed by atoms with Crippen LogP contribution in [0.3, 0.4) is 0 Å². The van der Waals surface area contributed by atoms with E-state index >= 15 is 0 Å². The highest BCUT2D eigenvalue weighted by Crippen LogP contribution is 2.10. The van der Waals surface area contributed by atoms with Crippen LogP contribution in [0.15, 0.2) is 36.5 Å². The van der Waals surface area contributed by atoms with Crippen LogP contribution in [-0.2, 0) is 6.54 Å². The summed E-state index contributed by atoms with van der Waals surface area (Å²) in [4.78, 5) is 15.6. The fourth-order valence-electron chi connectivity index (χ4n) is 1.54. The maximum absolute atomic E-state index is 13.0. The number of anilines is 1. The number of benzene rings is 1. The molecule has 6 heteroatoms. The fraction of sp³-hybridized carbons (Fsp3) is 0.0769. The third-order valence-corrected chi connectivity index (χ3v) is 2.52. The second-order valence-corrected chi connectivity index (χ2v) is 3.87. The molecule has 19 heavy (non-hydrogen) atoms. The highest BCUT2D eigenvalue weighted by Gasteiger charge is 2.10. The normalized spacial score (nSPS) is 10.2. The lowest BCUT2D eigenvalue weighted by Crippen LogP contribution is -2.24. The van der Waals surface area contributed by atoms with Gasteiger partial charge in [0, 0.05) is 12.7 Å². The molecule has 0 saturated carbocycles. The maximum atomic E-state index is 13.0. The predicted octanol–water partition coefficient (Wildman–Crippen LogP) is 1.87. The van der Waals surface area contributed by atoms with Gasteiger partial charge in [0.05, 0.1) is 5.56 Å². The number of carbonyl (C=O) groups excluding carboxylic acids is 1. The van der Waals surface area contributed by atoms with Gasteiger partial charge in [0.15, 0.2) is 11.6 Å². The molecule has 0 saturated heterocycles. The summed E-state index contributed by atoms with van der Waals surface area (Å²) in [6, 6.07) is 6.55. The SMILES string of the molecule is Nc1ncccc1C(=O)NCc1ccc(F)c(F)c1. The minimum absolute atomic E-state index is 0.0738. The van der Waals surface area contributed by atoms with Crippen LogP contribution >= 0.6 is 0 Å². The Bertz CT molecular complexity index is 617. The van der Waals surface area contributed by atoms with E-state index in [0.717, 1.165) is 12.1 Å². The quantitative estimate of drug-likeness (QED) is 0.888. The number of nitrogens with one attached hydrogen (secondary N) is 1. The first kappa shape index (κ1) is 12.9. The summed E-state index contributed by atoms with van der Waals surface area (Å²) in [7, 11) is 0. The molecule has 0 atom stereocenters. The van der Waals surface area contributed by atoms with E-state index in [4.69, 9.17) is 5.73 Å². The van der Waals surface area contributed by atoms with Crippen LogP contribution in [0.1, 0.15) is 15.9 Å². The molecule has 98 valence electrons. The Hall–Kier alpha value is -2.50. The van der Waals surface area contributed by atoms with Gasteiger partial charge >= 0.3 is 0 Å². The summed E-state index contributed by atoms with van der Waals surface area (Å²) in [5, 5.41) is 2.55. The third-order valence-electron chi connectivity index (χ3n) is 2.52. The standard InChI is InChI=1S/C13H11F2N3O/c14-10-4-3-8(6-11(10)15)7-18-13(19)9-2-1-5-17-12(9)16/h1-6H,7H2,(H2,16,17)(H,18,19). The molecule has 0 fully saturated rings. The second kappa shape index (κ2) is 5.43. The highest BCUT2D eigenvalue weighted by molar-refractivity contribution is 5.98. The molecule has 0 bridgehead atoms. The minimum Gasteiger partial charge on any atom is -0.383 e. The maximum Gasteiger partial charge on any atom is 0.255 e. The first-order chi connectivity index (χ1) is 9.08. The Labute approximate surface area is 108 Å². The Balaban J connectivity index is 2.04. The van der Waals surface area contributed by atoms with Crippen LogP contribution in [0.25, 0.3) is 0 Å². The van der Waals surface area contributed by atoms with E-state index in [9.17, 15) is 13.6 Å². The van der Waals surface area contributed by atoms with Gasteiger partial charge in [-0.1, -0.05) is 6.07 Å². The Morgan fingerprint density at radius 1 is 1.26 bits per heavy atom. The van der Waals surface area contributed by atoms with Crippen molar-refractivity contribution in [2.24, 2.45) is 0 Å². The van der Waals surface area contributed by atoms with Crippen molar-refractivity contribution in [2.75, 3.05) is 5.73 Å². The van der Waals surface area contributed by atoms with E-state index in [1.807, 2.05) is 0 Å². The molecule has 0 aliphatic rings. The van der Waals surface area contributed by atoms with Gasteiger partial charge in [0.1, 0.15) is 5.82 Å². The number of nitrogens with zero attached hydrogens (tertiary/aromatic N) is 1. The highest BCUT2D eigenvalue weighted by atomic mass is 19.2. The largest absolute Gasteiger partial charge is 0.383 e. The van der Waals surface area contributed by atoms with Gasteiger partial charge in [-0.15, -0.1) is 0 Å². The number of hydrogen-bond donors (Lipinski definition) is 2. The molecule has 0 aliphatic carbocycles. The lowest BCUT2D eigenvalue weighted by Gasteiger charge is -2.07. The van der Waals surface area contributed by atoms with Gasteiger partial charge in [-0.25, -0.2) is 13.8 Å². The van der Waals surface area contributed by atoms with E-state index in [1.54, 1.807) is 6.07 Å². The number of aromatic nitrogens is 1. The molecule has 0 unspecified atom stereocenters. The van der Waals surface area contributed by atoms with Crippen molar-refractivity contribution in [1.82, 2.24) is 10.3 Å². The average Bonchev–Trinajstić information content (AvgIpc) is 2.40. The number of halogens is 2. The number of nitrogen functional groups attached to an aromatic ring is 1. The number of hydrogen-bond acceptors (Lipinski definition) is 3. The Kier molecular flexibility index (Phi) is 3.70. The molecule has 1 heterocycles. The predicted molar refractivity (Wildman–Crippen MR) is 66.2 cm³/mol. The topological polar surface area (TPSA) is 68.0 Å². The molecular formula is C13H11F2N3O. The number of carbonyl (C=O) groups is 1. The van der Waals surface area contributed by atoms with Crippen LogP contribution in [0.2, 0.25) is 0 Å². The molecule has 0 aliphatic heterocycles. The summed E-state index contributed by atoms with van der Waals surface area (Å²) < 4.78 is 25.7. The number of nitrogens with two attached hydrogens (primary N) is 1. The third kappa shape index (κ3) is 3.04. The molecule has 1 aromatic heterocycles. The summed E-state index contributed by atoms with van der Waals surface area (Å²) in [6.45, 7) is 0.0738. The van der Waals surface area contributed by atoms with E-state index < -0.39 is 17.5 Å². The van der Waals surface area contributed by atoms with Crippen molar-refractivity contribution in [3.8, 4) is 0 Å². The molecule has 0 radical (unpaired) electrons. The number of pyridine rings is 1. The number of amides is 1. The van der Waals surface area contributed by atoms with Crippen molar-refractivity contribution in [2.45, 2.75) is 6.54 Å². The van der Waals surface area contributed by atoms with Crippen molar-refractivity contribution < 1.29 is 13.6 Å². The van der Waals surface area contributed by atoms with E-state index in [2.05, 4.69) is 10.3 Å². The van der Waals surface area contributed by atoms with Crippen molar-refractivity contribution in [3.63, 3.8) is 0 Å². The summed E-state index contributed by atoms with van der Waals surface area (Å²) in [5.41, 5.74) is 6.25. The van der Waals surface area contributed by atoms with Crippen molar-refractivity contribution >= 4 is 11.7 Å². The second-order valence-electron chi connectivity index (χ2n) is 3.87. The summed E-state index contributed by atoms with van der Waals surface area (Å²) >= 11 is 0. The van der Waals surface area contributed by atoms with Crippen LogP contribution in [-0.4, -0.2) is 10.9 Å². The van der Waals surface area contributed by atoms with Gasteiger partial charge in [-0.2, -0.15) is 0 Å². The van der Waals surface area contributed by atoms with Gasteiger partial charge < -0.3 is 11.1 Å². The molecule has 2 rings (SSSR count). The zero-order chi connectivity index (χ0) is 13.8. The lowest BCUT2D eigenvalue weighted by atomic mass is 10.2. The van der Waals surface area contributed by atoms with Crippen LogP contribution in [0.4, 0.5) is 14.6 Å². The van der Waals surface area contributed by atoms with Gasteiger partial charge in [0.2, 0.25) is 0 Å². The summed E-state index contributed by atoms with van der Waals surface area (Å²) in [5.74, 6) is -2.18. The molecular weight excluding hydrogens is 252 g/mol. The molecule has 1 aromatic carbocycles. The van der Waals surface area contributed by atoms with Crippen LogP contribution in [0, 0.1) is 11.6 Å². The van der Waals surface area contributed by atoms with Crippen molar-refractivity contribution in [1.29, 1.82) is 0 Å². The van der Waals surface area contributed by atoms with E-state index in [-0.39, 0.29) is 17.9 Å². The number of rotatable bonds is 3. The van der Waals surface area contributed by atoms with E-state index in [0.29, 0.717) is 5.56 Å². The molecule has 3 N–H and O–H groups in total.